The topological polar surface area (TPSA) is 166 Å². The largest absolute Gasteiger partial charge is 0.464 e. The highest BCUT2D eigenvalue weighted by atomic mass is 16.6. The van der Waals surface area contributed by atoms with E-state index in [0.717, 1.165) is 38.5 Å². The first-order valence-corrected chi connectivity index (χ1v) is 12.0. The van der Waals surface area contributed by atoms with Crippen LogP contribution in [0.5, 0.6) is 0 Å². The summed E-state index contributed by atoms with van der Waals surface area (Å²) in [5, 5.41) is 30.1. The van der Waals surface area contributed by atoms with Crippen molar-refractivity contribution in [2.45, 2.75) is 103 Å². The SMILES string of the molecule is CCCCCOC(=O)C(O)C(O)C(=O)OC(C(=O)OCCCCC)C(O)C(=O)OCCCCC. The summed E-state index contributed by atoms with van der Waals surface area (Å²) in [5.41, 5.74) is 0. The summed E-state index contributed by atoms with van der Waals surface area (Å²) in [6.45, 7) is 5.75. The fourth-order valence-corrected chi connectivity index (χ4v) is 2.65. The summed E-state index contributed by atoms with van der Waals surface area (Å²) in [4.78, 5) is 48.6. The van der Waals surface area contributed by atoms with Crippen molar-refractivity contribution in [3.63, 3.8) is 0 Å². The Kier molecular flexibility index (Phi) is 17.8. The van der Waals surface area contributed by atoms with E-state index >= 15 is 0 Å². The number of hydrogen-bond donors (Lipinski definition) is 3. The van der Waals surface area contributed by atoms with Crippen molar-refractivity contribution >= 4 is 23.9 Å². The number of hydrogen-bond acceptors (Lipinski definition) is 11. The van der Waals surface area contributed by atoms with E-state index in [2.05, 4.69) is 0 Å². The molecule has 11 heteroatoms. The number of esters is 4. The van der Waals surface area contributed by atoms with Crippen LogP contribution in [-0.2, 0) is 38.1 Å². The number of rotatable bonds is 19. The van der Waals surface area contributed by atoms with Crippen LogP contribution in [0, 0.1) is 0 Å². The molecule has 0 spiro atoms. The molecule has 0 heterocycles. The van der Waals surface area contributed by atoms with Gasteiger partial charge in [-0.3, -0.25) is 0 Å². The van der Waals surface area contributed by atoms with Crippen molar-refractivity contribution < 1.29 is 53.4 Å². The van der Waals surface area contributed by atoms with Crippen LogP contribution >= 0.6 is 0 Å². The standard InChI is InChI=1S/C23H40O11/c1-4-7-10-13-31-20(27)16(24)17(25)22(29)34-19(23(30)33-15-12-9-6-3)18(26)21(28)32-14-11-8-5-2/h16-19,24-26H,4-15H2,1-3H3. The van der Waals surface area contributed by atoms with Crippen LogP contribution in [0.2, 0.25) is 0 Å². The van der Waals surface area contributed by atoms with Gasteiger partial charge in [0.1, 0.15) is 0 Å². The Morgan fingerprint density at radius 3 is 1.29 bits per heavy atom. The zero-order chi connectivity index (χ0) is 25.9. The first-order chi connectivity index (χ1) is 16.2. The monoisotopic (exact) mass is 492 g/mol. The van der Waals surface area contributed by atoms with E-state index in [1.807, 2.05) is 20.8 Å². The van der Waals surface area contributed by atoms with Gasteiger partial charge in [0.2, 0.25) is 6.10 Å². The Balaban J connectivity index is 5.14. The first-order valence-electron chi connectivity index (χ1n) is 12.0. The fraction of sp³-hybridized carbons (Fsp3) is 0.826. The van der Waals surface area contributed by atoms with Gasteiger partial charge < -0.3 is 34.3 Å². The predicted octanol–water partition coefficient (Wildman–Crippen LogP) is 1.18. The fourth-order valence-electron chi connectivity index (χ4n) is 2.65. The van der Waals surface area contributed by atoms with Crippen molar-refractivity contribution in [1.82, 2.24) is 0 Å². The second-order valence-electron chi connectivity index (χ2n) is 7.82. The summed E-state index contributed by atoms with van der Waals surface area (Å²) in [7, 11) is 0. The molecule has 4 atom stereocenters. The normalized spacial score (nSPS) is 14.4. The molecule has 0 aromatic carbocycles. The molecule has 0 aromatic rings. The number of aliphatic hydroxyl groups excluding tert-OH is 3. The van der Waals surface area contributed by atoms with E-state index in [1.165, 1.54) is 0 Å². The van der Waals surface area contributed by atoms with Gasteiger partial charge in [0.05, 0.1) is 19.8 Å². The molecule has 34 heavy (non-hydrogen) atoms. The molecule has 0 aliphatic carbocycles. The van der Waals surface area contributed by atoms with Crippen LogP contribution in [0.25, 0.3) is 0 Å². The number of unbranched alkanes of at least 4 members (excludes halogenated alkanes) is 6. The average molecular weight is 493 g/mol. The third-order valence-electron chi connectivity index (χ3n) is 4.76. The van der Waals surface area contributed by atoms with Gasteiger partial charge in [-0.15, -0.1) is 0 Å². The highest BCUT2D eigenvalue weighted by Crippen LogP contribution is 2.11. The van der Waals surface area contributed by atoms with E-state index < -0.39 is 48.3 Å². The molecule has 0 aliphatic heterocycles. The number of carbonyl (C=O) groups is 4. The summed E-state index contributed by atoms with van der Waals surface area (Å²) in [6, 6.07) is 0. The maximum absolute atomic E-state index is 12.4. The average Bonchev–Trinajstić information content (AvgIpc) is 2.83. The van der Waals surface area contributed by atoms with Crippen LogP contribution in [-0.4, -0.2) is 83.4 Å². The van der Waals surface area contributed by atoms with Crippen molar-refractivity contribution in [3.8, 4) is 0 Å². The molecule has 0 saturated heterocycles. The summed E-state index contributed by atoms with van der Waals surface area (Å²) in [5.74, 6) is -5.32. The lowest BCUT2D eigenvalue weighted by atomic mass is 10.1. The Bertz CT molecular complexity index is 608. The van der Waals surface area contributed by atoms with E-state index in [-0.39, 0.29) is 19.8 Å². The number of aliphatic hydroxyl groups is 3. The van der Waals surface area contributed by atoms with Gasteiger partial charge in [-0.1, -0.05) is 59.3 Å². The van der Waals surface area contributed by atoms with Gasteiger partial charge in [-0.05, 0) is 19.3 Å². The molecule has 4 unspecified atom stereocenters. The van der Waals surface area contributed by atoms with Gasteiger partial charge in [0.15, 0.2) is 18.3 Å². The zero-order valence-electron chi connectivity index (χ0n) is 20.4. The minimum Gasteiger partial charge on any atom is -0.464 e. The minimum absolute atomic E-state index is 0.0127. The van der Waals surface area contributed by atoms with E-state index in [0.29, 0.717) is 19.3 Å². The molecular formula is C23H40O11. The van der Waals surface area contributed by atoms with Crippen LogP contribution in [0.1, 0.15) is 78.6 Å². The highest BCUT2D eigenvalue weighted by molar-refractivity contribution is 5.90. The Morgan fingerprint density at radius 2 is 0.882 bits per heavy atom. The highest BCUT2D eigenvalue weighted by Gasteiger charge is 2.41. The summed E-state index contributed by atoms with van der Waals surface area (Å²) in [6.07, 6.45) is -2.61. The maximum atomic E-state index is 12.4. The van der Waals surface area contributed by atoms with Gasteiger partial charge >= 0.3 is 23.9 Å². The minimum atomic E-state index is -2.41. The molecule has 0 fully saturated rings. The third-order valence-corrected chi connectivity index (χ3v) is 4.76. The molecule has 0 aliphatic rings. The summed E-state index contributed by atoms with van der Waals surface area (Å²) < 4.78 is 19.4. The second-order valence-corrected chi connectivity index (χ2v) is 7.82. The Morgan fingerprint density at radius 1 is 0.529 bits per heavy atom. The van der Waals surface area contributed by atoms with Crippen LogP contribution in [0.15, 0.2) is 0 Å². The molecule has 198 valence electrons. The van der Waals surface area contributed by atoms with Gasteiger partial charge in [0, 0.05) is 0 Å². The Hall–Kier alpha value is -2.24. The lowest BCUT2D eigenvalue weighted by molar-refractivity contribution is -0.192. The molecule has 0 amide bonds. The van der Waals surface area contributed by atoms with Crippen molar-refractivity contribution in [1.29, 1.82) is 0 Å². The van der Waals surface area contributed by atoms with Crippen LogP contribution in [0.4, 0.5) is 0 Å². The lowest BCUT2D eigenvalue weighted by Crippen LogP contribution is -2.49. The van der Waals surface area contributed by atoms with Gasteiger partial charge in [-0.25, -0.2) is 19.2 Å². The summed E-state index contributed by atoms with van der Waals surface area (Å²) >= 11 is 0. The molecule has 0 saturated carbocycles. The zero-order valence-corrected chi connectivity index (χ0v) is 20.4. The molecule has 3 N–H and O–H groups in total. The third kappa shape index (κ3) is 12.9. The Labute approximate surface area is 200 Å². The van der Waals surface area contributed by atoms with Crippen molar-refractivity contribution in [3.05, 3.63) is 0 Å². The number of carbonyl (C=O) groups excluding carboxylic acids is 4. The molecule has 11 nitrogen and oxygen atoms in total. The van der Waals surface area contributed by atoms with Crippen molar-refractivity contribution in [2.75, 3.05) is 19.8 Å². The molecule has 0 bridgehead atoms. The lowest BCUT2D eigenvalue weighted by Gasteiger charge is -2.23. The quantitative estimate of drug-likeness (QED) is 0.135. The van der Waals surface area contributed by atoms with Gasteiger partial charge in [-0.2, -0.15) is 0 Å². The number of ether oxygens (including phenoxy) is 4. The van der Waals surface area contributed by atoms with Crippen LogP contribution in [0.3, 0.4) is 0 Å². The van der Waals surface area contributed by atoms with E-state index in [1.54, 1.807) is 0 Å². The van der Waals surface area contributed by atoms with Crippen molar-refractivity contribution in [2.24, 2.45) is 0 Å². The second kappa shape index (κ2) is 19.1. The van der Waals surface area contributed by atoms with Crippen LogP contribution < -0.4 is 0 Å². The van der Waals surface area contributed by atoms with E-state index in [4.69, 9.17) is 18.9 Å². The molecule has 0 aromatic heterocycles. The molecule has 0 radical (unpaired) electrons. The molecular weight excluding hydrogens is 452 g/mol. The van der Waals surface area contributed by atoms with Gasteiger partial charge in [0.25, 0.3) is 0 Å². The predicted molar refractivity (Wildman–Crippen MR) is 119 cm³/mol. The van der Waals surface area contributed by atoms with E-state index in [9.17, 15) is 34.5 Å². The first kappa shape index (κ1) is 31.8. The molecule has 0 rings (SSSR count). The smallest absolute Gasteiger partial charge is 0.350 e. The maximum Gasteiger partial charge on any atom is 0.350 e.